The molecule has 0 saturated heterocycles. The van der Waals surface area contributed by atoms with Gasteiger partial charge in [0.05, 0.1) is 0 Å². The van der Waals surface area contributed by atoms with E-state index in [1.165, 1.54) is 28.0 Å². The zero-order valence-corrected chi connectivity index (χ0v) is 13.2. The first-order valence-electron chi connectivity index (χ1n) is 7.27. The molecule has 2 aromatic rings. The van der Waals surface area contributed by atoms with E-state index in [0.717, 1.165) is 18.8 Å². The minimum atomic E-state index is 0.963. The SMILES string of the molecule is CCCNCc1ccccc1SCc1ccccc1C. The fourth-order valence-corrected chi connectivity index (χ4v) is 3.25. The van der Waals surface area contributed by atoms with Gasteiger partial charge in [0.2, 0.25) is 0 Å². The van der Waals surface area contributed by atoms with Gasteiger partial charge in [0.25, 0.3) is 0 Å². The molecule has 106 valence electrons. The molecule has 0 aliphatic rings. The van der Waals surface area contributed by atoms with E-state index >= 15 is 0 Å². The lowest BCUT2D eigenvalue weighted by atomic mass is 10.1. The second kappa shape index (κ2) is 8.13. The Balaban J connectivity index is 2.00. The molecule has 0 saturated carbocycles. The quantitative estimate of drug-likeness (QED) is 0.580. The minimum Gasteiger partial charge on any atom is -0.313 e. The van der Waals surface area contributed by atoms with Gasteiger partial charge in [0.15, 0.2) is 0 Å². The monoisotopic (exact) mass is 285 g/mol. The molecular formula is C18H23NS. The molecule has 0 amide bonds. The number of thioether (sulfide) groups is 1. The van der Waals surface area contributed by atoms with Crippen molar-refractivity contribution < 1.29 is 0 Å². The molecule has 2 heteroatoms. The molecule has 0 atom stereocenters. The van der Waals surface area contributed by atoms with Gasteiger partial charge >= 0.3 is 0 Å². The van der Waals surface area contributed by atoms with Crippen molar-refractivity contribution in [1.29, 1.82) is 0 Å². The maximum atomic E-state index is 3.49. The Kier molecular flexibility index (Phi) is 6.16. The van der Waals surface area contributed by atoms with Crippen molar-refractivity contribution in [2.75, 3.05) is 6.54 Å². The highest BCUT2D eigenvalue weighted by molar-refractivity contribution is 7.98. The van der Waals surface area contributed by atoms with E-state index in [4.69, 9.17) is 0 Å². The maximum absolute atomic E-state index is 3.49. The lowest BCUT2D eigenvalue weighted by Crippen LogP contribution is -2.14. The summed E-state index contributed by atoms with van der Waals surface area (Å²) >= 11 is 1.93. The van der Waals surface area contributed by atoms with E-state index < -0.39 is 0 Å². The van der Waals surface area contributed by atoms with Crippen LogP contribution >= 0.6 is 11.8 Å². The van der Waals surface area contributed by atoms with Gasteiger partial charge in [-0.3, -0.25) is 0 Å². The van der Waals surface area contributed by atoms with Crippen LogP contribution in [0.3, 0.4) is 0 Å². The standard InChI is InChI=1S/C18H23NS/c1-3-12-19-13-16-9-6-7-11-18(16)20-14-17-10-5-4-8-15(17)2/h4-11,19H,3,12-14H2,1-2H3. The molecule has 0 radical (unpaired) electrons. The second-order valence-corrected chi connectivity index (χ2v) is 6.02. The van der Waals surface area contributed by atoms with Crippen LogP contribution < -0.4 is 5.32 Å². The molecule has 20 heavy (non-hydrogen) atoms. The van der Waals surface area contributed by atoms with Crippen LogP contribution in [0.1, 0.15) is 30.0 Å². The molecule has 0 spiro atoms. The average Bonchev–Trinajstić information content (AvgIpc) is 2.48. The summed E-state index contributed by atoms with van der Waals surface area (Å²) in [5, 5.41) is 3.49. The van der Waals surface area contributed by atoms with Crippen LogP contribution in [0.25, 0.3) is 0 Å². The lowest BCUT2D eigenvalue weighted by molar-refractivity contribution is 0.669. The summed E-state index contributed by atoms with van der Waals surface area (Å²) in [6, 6.07) is 17.3. The van der Waals surface area contributed by atoms with Gasteiger partial charge in [-0.2, -0.15) is 0 Å². The molecule has 2 rings (SSSR count). The van der Waals surface area contributed by atoms with Crippen molar-refractivity contribution in [3.63, 3.8) is 0 Å². The predicted molar refractivity (Wildman–Crippen MR) is 89.2 cm³/mol. The number of nitrogens with one attached hydrogen (secondary N) is 1. The highest BCUT2D eigenvalue weighted by Gasteiger charge is 2.04. The lowest BCUT2D eigenvalue weighted by Gasteiger charge is -2.11. The summed E-state index contributed by atoms with van der Waals surface area (Å²) in [4.78, 5) is 1.39. The largest absolute Gasteiger partial charge is 0.313 e. The Labute approximate surface area is 126 Å². The van der Waals surface area contributed by atoms with E-state index in [1.54, 1.807) is 0 Å². The fraction of sp³-hybridized carbons (Fsp3) is 0.333. The highest BCUT2D eigenvalue weighted by Crippen LogP contribution is 2.27. The van der Waals surface area contributed by atoms with Crippen molar-refractivity contribution in [2.45, 2.75) is 37.5 Å². The molecule has 0 heterocycles. The Hall–Kier alpha value is -1.25. The second-order valence-electron chi connectivity index (χ2n) is 5.00. The van der Waals surface area contributed by atoms with Crippen molar-refractivity contribution in [3.05, 3.63) is 65.2 Å². The van der Waals surface area contributed by atoms with Crippen LogP contribution in [-0.4, -0.2) is 6.54 Å². The summed E-state index contributed by atoms with van der Waals surface area (Å²) in [7, 11) is 0. The molecule has 0 unspecified atom stereocenters. The highest BCUT2D eigenvalue weighted by atomic mass is 32.2. The summed E-state index contributed by atoms with van der Waals surface area (Å²) in [5.41, 5.74) is 4.20. The van der Waals surface area contributed by atoms with Crippen LogP contribution in [0, 0.1) is 6.92 Å². The Morgan fingerprint density at radius 1 is 0.950 bits per heavy atom. The molecule has 0 aromatic heterocycles. The maximum Gasteiger partial charge on any atom is 0.0234 e. The Bertz CT molecular complexity index is 536. The van der Waals surface area contributed by atoms with Crippen molar-refractivity contribution in [1.82, 2.24) is 5.32 Å². The zero-order chi connectivity index (χ0) is 14.2. The summed E-state index contributed by atoms with van der Waals surface area (Å²) in [6.07, 6.45) is 1.18. The van der Waals surface area contributed by atoms with Crippen LogP contribution in [-0.2, 0) is 12.3 Å². The number of aryl methyl sites for hydroxylation is 1. The first-order chi connectivity index (χ1) is 9.81. The van der Waals surface area contributed by atoms with Gasteiger partial charge in [-0.25, -0.2) is 0 Å². The van der Waals surface area contributed by atoms with E-state index in [2.05, 4.69) is 67.7 Å². The molecular weight excluding hydrogens is 262 g/mol. The summed E-state index contributed by atoms with van der Waals surface area (Å²) < 4.78 is 0. The van der Waals surface area contributed by atoms with Crippen LogP contribution in [0.4, 0.5) is 0 Å². The van der Waals surface area contributed by atoms with Gasteiger partial charge < -0.3 is 5.32 Å². The van der Waals surface area contributed by atoms with E-state index in [1.807, 2.05) is 11.8 Å². The van der Waals surface area contributed by atoms with Gasteiger partial charge in [-0.15, -0.1) is 11.8 Å². The molecule has 0 bridgehead atoms. The average molecular weight is 285 g/mol. The van der Waals surface area contributed by atoms with Crippen molar-refractivity contribution in [3.8, 4) is 0 Å². The number of hydrogen-bond donors (Lipinski definition) is 1. The molecule has 2 aromatic carbocycles. The van der Waals surface area contributed by atoms with E-state index in [0.29, 0.717) is 0 Å². The topological polar surface area (TPSA) is 12.0 Å². The van der Waals surface area contributed by atoms with Gasteiger partial charge in [0.1, 0.15) is 0 Å². The molecule has 1 N–H and O–H groups in total. The predicted octanol–water partition coefficient (Wildman–Crippen LogP) is 4.79. The number of benzene rings is 2. The van der Waals surface area contributed by atoms with Crippen molar-refractivity contribution in [2.24, 2.45) is 0 Å². The minimum absolute atomic E-state index is 0.963. The molecule has 0 aliphatic carbocycles. The third-order valence-corrected chi connectivity index (χ3v) is 4.52. The normalized spacial score (nSPS) is 10.7. The fourth-order valence-electron chi connectivity index (χ4n) is 2.12. The van der Waals surface area contributed by atoms with E-state index in [-0.39, 0.29) is 0 Å². The first kappa shape index (κ1) is 15.1. The Morgan fingerprint density at radius 2 is 1.65 bits per heavy atom. The van der Waals surface area contributed by atoms with Crippen LogP contribution in [0.2, 0.25) is 0 Å². The third-order valence-electron chi connectivity index (χ3n) is 3.36. The van der Waals surface area contributed by atoms with Crippen molar-refractivity contribution >= 4 is 11.8 Å². The number of rotatable bonds is 7. The molecule has 0 fully saturated rings. The third kappa shape index (κ3) is 4.39. The van der Waals surface area contributed by atoms with Crippen LogP contribution in [0.5, 0.6) is 0 Å². The summed E-state index contributed by atoms with van der Waals surface area (Å²) in [6.45, 7) is 6.43. The first-order valence-corrected chi connectivity index (χ1v) is 8.25. The molecule has 0 aliphatic heterocycles. The Morgan fingerprint density at radius 3 is 2.40 bits per heavy atom. The zero-order valence-electron chi connectivity index (χ0n) is 12.4. The van der Waals surface area contributed by atoms with Crippen LogP contribution in [0.15, 0.2) is 53.4 Å². The van der Waals surface area contributed by atoms with Gasteiger partial charge in [-0.1, -0.05) is 49.4 Å². The van der Waals surface area contributed by atoms with E-state index in [9.17, 15) is 0 Å². The smallest absolute Gasteiger partial charge is 0.0234 e. The van der Waals surface area contributed by atoms with Gasteiger partial charge in [-0.05, 0) is 42.6 Å². The summed E-state index contributed by atoms with van der Waals surface area (Å²) in [5.74, 6) is 1.04. The number of hydrogen-bond acceptors (Lipinski definition) is 2. The molecule has 1 nitrogen and oxygen atoms in total. The van der Waals surface area contributed by atoms with Gasteiger partial charge in [0, 0.05) is 17.2 Å².